The SMILES string of the molecule is CCCN(CC#N)S(=O)(=O)c1ccccc1Cl. The third-order valence-corrected chi connectivity index (χ3v) is 4.52. The van der Waals surface area contributed by atoms with E-state index in [1.807, 2.05) is 13.0 Å². The van der Waals surface area contributed by atoms with Crippen molar-refractivity contribution < 1.29 is 8.42 Å². The van der Waals surface area contributed by atoms with Gasteiger partial charge in [-0.2, -0.15) is 9.57 Å². The molecule has 0 aliphatic carbocycles. The maximum atomic E-state index is 12.2. The molecule has 0 atom stereocenters. The topological polar surface area (TPSA) is 61.2 Å². The highest BCUT2D eigenvalue weighted by atomic mass is 35.5. The van der Waals surface area contributed by atoms with Crippen molar-refractivity contribution in [2.24, 2.45) is 0 Å². The summed E-state index contributed by atoms with van der Waals surface area (Å²) in [7, 11) is -3.68. The Morgan fingerprint density at radius 2 is 2.06 bits per heavy atom. The van der Waals surface area contributed by atoms with Gasteiger partial charge in [0.1, 0.15) is 11.4 Å². The zero-order valence-electron chi connectivity index (χ0n) is 9.43. The zero-order chi connectivity index (χ0) is 12.9. The minimum Gasteiger partial charge on any atom is -0.207 e. The van der Waals surface area contributed by atoms with E-state index in [9.17, 15) is 8.42 Å². The Bertz CT molecular complexity index is 523. The second-order valence-electron chi connectivity index (χ2n) is 3.43. The largest absolute Gasteiger partial charge is 0.245 e. The molecule has 0 aromatic heterocycles. The molecular formula is C11H13ClN2O2S. The molecule has 0 spiro atoms. The van der Waals surface area contributed by atoms with Gasteiger partial charge in [0.05, 0.1) is 11.1 Å². The number of sulfonamides is 1. The number of benzene rings is 1. The van der Waals surface area contributed by atoms with Gasteiger partial charge < -0.3 is 0 Å². The van der Waals surface area contributed by atoms with E-state index in [1.165, 1.54) is 12.1 Å². The summed E-state index contributed by atoms with van der Waals surface area (Å²) in [6, 6.07) is 8.08. The van der Waals surface area contributed by atoms with Gasteiger partial charge in [-0.05, 0) is 18.6 Å². The summed E-state index contributed by atoms with van der Waals surface area (Å²) in [6.07, 6.45) is 0.644. The van der Waals surface area contributed by atoms with Gasteiger partial charge in [-0.3, -0.25) is 0 Å². The highest BCUT2D eigenvalue weighted by Crippen LogP contribution is 2.24. The normalized spacial score (nSPS) is 11.4. The predicted molar refractivity (Wildman–Crippen MR) is 66.1 cm³/mol. The lowest BCUT2D eigenvalue weighted by Gasteiger charge is -2.18. The molecule has 0 bridgehead atoms. The highest BCUT2D eigenvalue weighted by Gasteiger charge is 2.25. The molecule has 1 rings (SSSR count). The summed E-state index contributed by atoms with van der Waals surface area (Å²) in [5.74, 6) is 0. The monoisotopic (exact) mass is 272 g/mol. The molecule has 0 heterocycles. The average Bonchev–Trinajstić information content (AvgIpc) is 2.29. The maximum Gasteiger partial charge on any atom is 0.245 e. The molecule has 0 fully saturated rings. The van der Waals surface area contributed by atoms with Crippen LogP contribution in [0.25, 0.3) is 0 Å². The van der Waals surface area contributed by atoms with Gasteiger partial charge >= 0.3 is 0 Å². The molecule has 1 aromatic carbocycles. The number of halogens is 1. The summed E-state index contributed by atoms with van der Waals surface area (Å²) in [6.45, 7) is 2.00. The van der Waals surface area contributed by atoms with Crippen LogP contribution in [0.1, 0.15) is 13.3 Å². The Kier molecular flexibility index (Phi) is 4.94. The summed E-state index contributed by atoms with van der Waals surface area (Å²) >= 11 is 5.86. The second-order valence-corrected chi connectivity index (χ2v) is 5.74. The molecule has 0 radical (unpaired) electrons. The van der Waals surface area contributed by atoms with Crippen molar-refractivity contribution in [2.75, 3.05) is 13.1 Å². The first-order chi connectivity index (χ1) is 8.04. The number of hydrogen-bond acceptors (Lipinski definition) is 3. The molecular weight excluding hydrogens is 260 g/mol. The van der Waals surface area contributed by atoms with Crippen LogP contribution in [-0.4, -0.2) is 25.8 Å². The van der Waals surface area contributed by atoms with E-state index in [0.29, 0.717) is 13.0 Å². The molecule has 0 aliphatic rings. The van der Waals surface area contributed by atoms with E-state index in [1.54, 1.807) is 12.1 Å². The Labute approximate surface area is 106 Å². The first kappa shape index (κ1) is 14.0. The van der Waals surface area contributed by atoms with Gasteiger partial charge in [-0.25, -0.2) is 8.42 Å². The van der Waals surface area contributed by atoms with Crippen LogP contribution in [0, 0.1) is 11.3 Å². The van der Waals surface area contributed by atoms with Crippen molar-refractivity contribution in [1.82, 2.24) is 4.31 Å². The van der Waals surface area contributed by atoms with Crippen molar-refractivity contribution in [1.29, 1.82) is 5.26 Å². The van der Waals surface area contributed by atoms with Crippen LogP contribution in [0.15, 0.2) is 29.2 Å². The van der Waals surface area contributed by atoms with Gasteiger partial charge in [0.15, 0.2) is 0 Å². The second kappa shape index (κ2) is 6.01. The van der Waals surface area contributed by atoms with Crippen LogP contribution in [-0.2, 0) is 10.0 Å². The predicted octanol–water partition coefficient (Wildman–Crippen LogP) is 2.26. The maximum absolute atomic E-state index is 12.2. The fourth-order valence-corrected chi connectivity index (χ4v) is 3.33. The molecule has 92 valence electrons. The molecule has 17 heavy (non-hydrogen) atoms. The van der Waals surface area contributed by atoms with Gasteiger partial charge in [0, 0.05) is 6.54 Å². The van der Waals surface area contributed by atoms with Crippen molar-refractivity contribution in [3.8, 4) is 6.07 Å². The molecule has 0 saturated heterocycles. The van der Waals surface area contributed by atoms with Crippen LogP contribution in [0.2, 0.25) is 5.02 Å². The highest BCUT2D eigenvalue weighted by molar-refractivity contribution is 7.89. The smallest absolute Gasteiger partial charge is 0.207 e. The van der Waals surface area contributed by atoms with Crippen molar-refractivity contribution in [2.45, 2.75) is 18.2 Å². The lowest BCUT2D eigenvalue weighted by molar-refractivity contribution is 0.444. The summed E-state index contributed by atoms with van der Waals surface area (Å²) in [5, 5.41) is 8.83. The van der Waals surface area contributed by atoms with Gasteiger partial charge in [-0.1, -0.05) is 30.7 Å². The minimum atomic E-state index is -3.68. The summed E-state index contributed by atoms with van der Waals surface area (Å²) in [5.41, 5.74) is 0. The third kappa shape index (κ3) is 3.19. The van der Waals surface area contributed by atoms with Crippen molar-refractivity contribution in [3.63, 3.8) is 0 Å². The molecule has 0 saturated carbocycles. The first-order valence-corrected chi connectivity index (χ1v) is 6.97. The summed E-state index contributed by atoms with van der Waals surface area (Å²) < 4.78 is 25.6. The third-order valence-electron chi connectivity index (χ3n) is 2.17. The van der Waals surface area contributed by atoms with Gasteiger partial charge in [-0.15, -0.1) is 0 Å². The number of hydrogen-bond donors (Lipinski definition) is 0. The average molecular weight is 273 g/mol. The van der Waals surface area contributed by atoms with Crippen molar-refractivity contribution >= 4 is 21.6 Å². The van der Waals surface area contributed by atoms with E-state index in [2.05, 4.69) is 0 Å². The van der Waals surface area contributed by atoms with Gasteiger partial charge in [0.25, 0.3) is 0 Å². The summed E-state index contributed by atoms with van der Waals surface area (Å²) in [4.78, 5) is 0.0466. The van der Waals surface area contributed by atoms with E-state index in [0.717, 1.165) is 4.31 Å². The number of rotatable bonds is 5. The van der Waals surface area contributed by atoms with Crippen LogP contribution in [0.5, 0.6) is 0 Å². The van der Waals surface area contributed by atoms with Crippen LogP contribution >= 0.6 is 11.6 Å². The lowest BCUT2D eigenvalue weighted by atomic mass is 10.4. The molecule has 4 nitrogen and oxygen atoms in total. The fraction of sp³-hybridized carbons (Fsp3) is 0.364. The molecule has 0 aliphatic heterocycles. The van der Waals surface area contributed by atoms with E-state index in [4.69, 9.17) is 16.9 Å². The molecule has 1 aromatic rings. The lowest BCUT2D eigenvalue weighted by Crippen LogP contribution is -2.32. The van der Waals surface area contributed by atoms with Crippen LogP contribution in [0.3, 0.4) is 0 Å². The number of nitriles is 1. The molecule has 6 heteroatoms. The number of nitrogens with zero attached hydrogens (tertiary/aromatic N) is 2. The molecule has 0 unspecified atom stereocenters. The fourth-order valence-electron chi connectivity index (χ4n) is 1.41. The van der Waals surface area contributed by atoms with E-state index < -0.39 is 10.0 Å². The molecule has 0 amide bonds. The van der Waals surface area contributed by atoms with E-state index in [-0.39, 0.29) is 16.5 Å². The first-order valence-electron chi connectivity index (χ1n) is 5.15. The minimum absolute atomic E-state index is 0.0466. The Morgan fingerprint density at radius 3 is 2.59 bits per heavy atom. The van der Waals surface area contributed by atoms with Crippen LogP contribution in [0.4, 0.5) is 0 Å². The Balaban J connectivity index is 3.18. The Morgan fingerprint density at radius 1 is 1.41 bits per heavy atom. The van der Waals surface area contributed by atoms with Gasteiger partial charge in [0.2, 0.25) is 10.0 Å². The van der Waals surface area contributed by atoms with Crippen molar-refractivity contribution in [3.05, 3.63) is 29.3 Å². The Hall–Kier alpha value is -1.09. The van der Waals surface area contributed by atoms with E-state index >= 15 is 0 Å². The quantitative estimate of drug-likeness (QED) is 0.773. The molecule has 0 N–H and O–H groups in total. The van der Waals surface area contributed by atoms with Crippen LogP contribution < -0.4 is 0 Å². The standard InChI is InChI=1S/C11H13ClN2O2S/c1-2-8-14(9-7-13)17(15,16)11-6-4-3-5-10(11)12/h3-6H,2,8-9H2,1H3. The zero-order valence-corrected chi connectivity index (χ0v) is 11.0.